The number of aromatic nitrogens is 3. The number of nitrogens with zero attached hydrogens (tertiary/aromatic N) is 5. The lowest BCUT2D eigenvalue weighted by Crippen LogP contribution is -2.50. The predicted octanol–water partition coefficient (Wildman–Crippen LogP) is 2.02. The van der Waals surface area contributed by atoms with Gasteiger partial charge in [0.25, 0.3) is 0 Å². The molecular formula is C16H17N7OS. The number of urea groups is 1. The minimum Gasteiger partial charge on any atom is -0.368 e. The van der Waals surface area contributed by atoms with Crippen molar-refractivity contribution in [1.29, 1.82) is 0 Å². The summed E-state index contributed by atoms with van der Waals surface area (Å²) in [5.41, 5.74) is 9.11. The molecular weight excluding hydrogens is 338 g/mol. The van der Waals surface area contributed by atoms with Gasteiger partial charge in [-0.2, -0.15) is 4.98 Å². The van der Waals surface area contributed by atoms with Crippen LogP contribution in [0.5, 0.6) is 0 Å². The Labute approximate surface area is 148 Å². The molecule has 0 atom stereocenters. The molecule has 1 fully saturated rings. The Bertz CT molecular complexity index is 890. The minimum absolute atomic E-state index is 0.0909. The number of nitrogens with one attached hydrogen (secondary N) is 1. The number of fused-ring (bicyclic) bond motifs is 1. The lowest BCUT2D eigenvalue weighted by molar-refractivity contribution is 0.208. The van der Waals surface area contributed by atoms with E-state index in [2.05, 4.69) is 25.2 Å². The second kappa shape index (κ2) is 6.52. The molecule has 0 saturated carbocycles. The molecule has 128 valence electrons. The zero-order valence-electron chi connectivity index (χ0n) is 13.4. The molecule has 25 heavy (non-hydrogen) atoms. The van der Waals surface area contributed by atoms with E-state index < -0.39 is 0 Å². The molecule has 1 saturated heterocycles. The predicted molar refractivity (Wildman–Crippen MR) is 98.9 cm³/mol. The summed E-state index contributed by atoms with van der Waals surface area (Å²) in [5.74, 6) is 0.989. The SMILES string of the molecule is Nc1nc(N2CCN(C(=O)Nc3ccccc3)CC2)c2ncsc2n1. The molecule has 3 N–H and O–H groups in total. The first-order valence-corrected chi connectivity index (χ1v) is 8.81. The van der Waals surface area contributed by atoms with E-state index in [0.29, 0.717) is 26.2 Å². The van der Waals surface area contributed by atoms with Crippen LogP contribution < -0.4 is 16.0 Å². The van der Waals surface area contributed by atoms with Gasteiger partial charge in [0.2, 0.25) is 5.95 Å². The number of nitrogen functional groups attached to an aromatic ring is 1. The Kier molecular flexibility index (Phi) is 4.06. The fourth-order valence-corrected chi connectivity index (χ4v) is 3.49. The molecule has 1 aliphatic heterocycles. The van der Waals surface area contributed by atoms with E-state index in [1.165, 1.54) is 11.3 Å². The molecule has 3 heterocycles. The van der Waals surface area contributed by atoms with Gasteiger partial charge in [-0.1, -0.05) is 18.2 Å². The monoisotopic (exact) mass is 355 g/mol. The molecule has 2 aromatic heterocycles. The van der Waals surface area contributed by atoms with Gasteiger partial charge >= 0.3 is 6.03 Å². The maximum absolute atomic E-state index is 12.4. The van der Waals surface area contributed by atoms with E-state index in [-0.39, 0.29) is 12.0 Å². The van der Waals surface area contributed by atoms with Crippen molar-refractivity contribution >= 4 is 45.2 Å². The van der Waals surface area contributed by atoms with E-state index >= 15 is 0 Å². The molecule has 4 rings (SSSR count). The van der Waals surface area contributed by atoms with Crippen LogP contribution in [-0.4, -0.2) is 52.1 Å². The van der Waals surface area contributed by atoms with Gasteiger partial charge in [0, 0.05) is 31.9 Å². The highest BCUT2D eigenvalue weighted by Crippen LogP contribution is 2.26. The Morgan fingerprint density at radius 1 is 1.12 bits per heavy atom. The van der Waals surface area contributed by atoms with Gasteiger partial charge in [-0.05, 0) is 12.1 Å². The smallest absolute Gasteiger partial charge is 0.321 e. The summed E-state index contributed by atoms with van der Waals surface area (Å²) in [4.78, 5) is 30.0. The molecule has 8 nitrogen and oxygen atoms in total. The van der Waals surface area contributed by atoms with Gasteiger partial charge in [0.05, 0.1) is 5.51 Å². The molecule has 9 heteroatoms. The van der Waals surface area contributed by atoms with E-state index in [1.54, 1.807) is 10.4 Å². The number of thiazole rings is 1. The summed E-state index contributed by atoms with van der Waals surface area (Å²) in [5, 5.41) is 2.91. The number of piperazine rings is 1. The van der Waals surface area contributed by atoms with Crippen LogP contribution in [0.2, 0.25) is 0 Å². The van der Waals surface area contributed by atoms with Gasteiger partial charge in [0.1, 0.15) is 5.52 Å². The average Bonchev–Trinajstić information content (AvgIpc) is 3.10. The molecule has 1 aliphatic rings. The number of carbonyl (C=O) groups is 1. The molecule has 0 radical (unpaired) electrons. The first-order chi connectivity index (χ1) is 12.2. The van der Waals surface area contributed by atoms with Crippen LogP contribution >= 0.6 is 11.3 Å². The molecule has 2 amide bonds. The average molecular weight is 355 g/mol. The highest BCUT2D eigenvalue weighted by atomic mass is 32.1. The number of hydrogen-bond acceptors (Lipinski definition) is 7. The number of para-hydroxylation sites is 1. The maximum atomic E-state index is 12.4. The lowest BCUT2D eigenvalue weighted by atomic mass is 10.3. The summed E-state index contributed by atoms with van der Waals surface area (Å²) in [6, 6.07) is 9.36. The Hall–Kier alpha value is -2.94. The Morgan fingerprint density at radius 3 is 2.64 bits per heavy atom. The zero-order chi connectivity index (χ0) is 17.2. The van der Waals surface area contributed by atoms with Crippen molar-refractivity contribution in [3.05, 3.63) is 35.8 Å². The van der Waals surface area contributed by atoms with Crippen molar-refractivity contribution in [3.63, 3.8) is 0 Å². The highest BCUT2D eigenvalue weighted by molar-refractivity contribution is 7.16. The van der Waals surface area contributed by atoms with Crippen LogP contribution in [0.25, 0.3) is 10.3 Å². The number of hydrogen-bond donors (Lipinski definition) is 2. The maximum Gasteiger partial charge on any atom is 0.321 e. The van der Waals surface area contributed by atoms with Crippen LogP contribution in [0.15, 0.2) is 35.8 Å². The fourth-order valence-electron chi connectivity index (χ4n) is 2.83. The van der Waals surface area contributed by atoms with Gasteiger partial charge in [-0.15, -0.1) is 11.3 Å². The number of nitrogens with two attached hydrogens (primary N) is 1. The highest BCUT2D eigenvalue weighted by Gasteiger charge is 2.24. The third-order valence-corrected chi connectivity index (χ3v) is 4.81. The fraction of sp³-hybridized carbons (Fsp3) is 0.250. The second-order valence-electron chi connectivity index (χ2n) is 5.68. The van der Waals surface area contributed by atoms with E-state index in [0.717, 1.165) is 21.9 Å². The second-order valence-corrected chi connectivity index (χ2v) is 6.52. The molecule has 0 spiro atoms. The molecule has 0 unspecified atom stereocenters. The summed E-state index contributed by atoms with van der Waals surface area (Å²) in [6.45, 7) is 2.55. The first-order valence-electron chi connectivity index (χ1n) is 7.93. The third kappa shape index (κ3) is 3.18. The lowest BCUT2D eigenvalue weighted by Gasteiger charge is -2.35. The Balaban J connectivity index is 1.44. The largest absolute Gasteiger partial charge is 0.368 e. The van der Waals surface area contributed by atoms with Crippen LogP contribution in [-0.2, 0) is 0 Å². The zero-order valence-corrected chi connectivity index (χ0v) is 14.2. The number of benzene rings is 1. The summed E-state index contributed by atoms with van der Waals surface area (Å²) < 4.78 is 0. The van der Waals surface area contributed by atoms with E-state index in [4.69, 9.17) is 5.73 Å². The van der Waals surface area contributed by atoms with Crippen molar-refractivity contribution in [2.75, 3.05) is 42.1 Å². The normalized spacial score (nSPS) is 14.7. The Morgan fingerprint density at radius 2 is 1.88 bits per heavy atom. The number of carbonyl (C=O) groups excluding carboxylic acids is 1. The van der Waals surface area contributed by atoms with Gasteiger partial charge in [0.15, 0.2) is 10.6 Å². The van der Waals surface area contributed by atoms with Crippen LogP contribution in [0, 0.1) is 0 Å². The van der Waals surface area contributed by atoms with E-state index in [9.17, 15) is 4.79 Å². The van der Waals surface area contributed by atoms with Crippen molar-refractivity contribution in [1.82, 2.24) is 19.9 Å². The van der Waals surface area contributed by atoms with Crippen molar-refractivity contribution in [2.24, 2.45) is 0 Å². The van der Waals surface area contributed by atoms with E-state index in [1.807, 2.05) is 30.3 Å². The van der Waals surface area contributed by atoms with Crippen LogP contribution in [0.3, 0.4) is 0 Å². The minimum atomic E-state index is -0.0909. The number of rotatable bonds is 2. The molecule has 0 bridgehead atoms. The number of anilines is 3. The van der Waals surface area contributed by atoms with Crippen LogP contribution in [0.1, 0.15) is 0 Å². The third-order valence-electron chi connectivity index (χ3n) is 4.09. The van der Waals surface area contributed by atoms with Gasteiger partial charge in [-0.3, -0.25) is 0 Å². The summed E-state index contributed by atoms with van der Waals surface area (Å²) in [6.07, 6.45) is 0. The number of amides is 2. The summed E-state index contributed by atoms with van der Waals surface area (Å²) in [7, 11) is 0. The quantitative estimate of drug-likeness (QED) is 0.729. The molecule has 1 aromatic carbocycles. The van der Waals surface area contributed by atoms with Gasteiger partial charge in [-0.25, -0.2) is 14.8 Å². The molecule has 0 aliphatic carbocycles. The van der Waals surface area contributed by atoms with Crippen LogP contribution in [0.4, 0.5) is 22.2 Å². The van der Waals surface area contributed by atoms with Gasteiger partial charge < -0.3 is 20.9 Å². The van der Waals surface area contributed by atoms with Crippen molar-refractivity contribution in [3.8, 4) is 0 Å². The van der Waals surface area contributed by atoms with Crippen molar-refractivity contribution < 1.29 is 4.79 Å². The molecule has 3 aromatic rings. The topological polar surface area (TPSA) is 100 Å². The van der Waals surface area contributed by atoms with Crippen molar-refractivity contribution in [2.45, 2.75) is 0 Å². The first kappa shape index (κ1) is 15.6. The summed E-state index contributed by atoms with van der Waals surface area (Å²) >= 11 is 1.44. The standard InChI is InChI=1S/C16H17N7OS/c17-15-20-13(12-14(21-15)25-10-18-12)22-6-8-23(9-7-22)16(24)19-11-4-2-1-3-5-11/h1-5,10H,6-9H2,(H,19,24)(H2,17,20,21).